The van der Waals surface area contributed by atoms with Gasteiger partial charge in [-0.05, 0) is 33.1 Å². The summed E-state index contributed by atoms with van der Waals surface area (Å²) in [6.45, 7) is 3.97. The van der Waals surface area contributed by atoms with Gasteiger partial charge in [0.2, 0.25) is 0 Å². The van der Waals surface area contributed by atoms with Crippen molar-refractivity contribution >= 4 is 11.6 Å². The molecule has 0 spiro atoms. The zero-order chi connectivity index (χ0) is 9.90. The molecule has 78 valence electrons. The molecule has 0 radical (unpaired) electrons. The Morgan fingerprint density at radius 1 is 1.62 bits per heavy atom. The first-order valence-corrected chi connectivity index (χ1v) is 5.12. The lowest BCUT2D eigenvalue weighted by atomic mass is 10.0. The molecule has 3 unspecified atom stereocenters. The van der Waals surface area contributed by atoms with E-state index >= 15 is 0 Å². The van der Waals surface area contributed by atoms with Crippen LogP contribution in [-0.4, -0.2) is 29.2 Å². The van der Waals surface area contributed by atoms with E-state index in [9.17, 15) is 5.11 Å². The van der Waals surface area contributed by atoms with Crippen molar-refractivity contribution in [1.29, 1.82) is 0 Å². The van der Waals surface area contributed by atoms with Crippen LogP contribution in [0.3, 0.4) is 0 Å². The lowest BCUT2D eigenvalue weighted by Gasteiger charge is -2.35. The van der Waals surface area contributed by atoms with Gasteiger partial charge in [0, 0.05) is 6.61 Å². The molecule has 0 amide bonds. The standard InChI is InChI=1S/C9H17ClO3/c1-7(10)13-9(2,11)8-5-3-4-6-12-8/h7-8,11H,3-6H2,1-2H3. The highest BCUT2D eigenvalue weighted by molar-refractivity contribution is 6.19. The van der Waals surface area contributed by atoms with Gasteiger partial charge in [0.25, 0.3) is 0 Å². The monoisotopic (exact) mass is 208 g/mol. The minimum absolute atomic E-state index is 0.248. The van der Waals surface area contributed by atoms with Crippen molar-refractivity contribution in [3.63, 3.8) is 0 Å². The van der Waals surface area contributed by atoms with Crippen molar-refractivity contribution < 1.29 is 14.6 Å². The molecule has 3 nitrogen and oxygen atoms in total. The third-order valence-corrected chi connectivity index (χ3v) is 2.27. The fraction of sp³-hybridized carbons (Fsp3) is 1.00. The topological polar surface area (TPSA) is 38.7 Å². The third-order valence-electron chi connectivity index (χ3n) is 2.18. The number of ether oxygens (including phenoxy) is 2. The first-order valence-electron chi connectivity index (χ1n) is 4.68. The van der Waals surface area contributed by atoms with Crippen molar-refractivity contribution in [2.75, 3.05) is 6.61 Å². The zero-order valence-electron chi connectivity index (χ0n) is 8.12. The second-order valence-corrected chi connectivity index (χ2v) is 4.19. The van der Waals surface area contributed by atoms with E-state index in [0.717, 1.165) is 19.3 Å². The van der Waals surface area contributed by atoms with Gasteiger partial charge in [-0.3, -0.25) is 0 Å². The molecular weight excluding hydrogens is 192 g/mol. The predicted molar refractivity (Wildman–Crippen MR) is 50.6 cm³/mol. The van der Waals surface area contributed by atoms with Gasteiger partial charge in [-0.1, -0.05) is 11.6 Å². The molecule has 0 aromatic carbocycles. The highest BCUT2D eigenvalue weighted by Crippen LogP contribution is 2.26. The molecule has 0 aromatic heterocycles. The molecule has 3 atom stereocenters. The van der Waals surface area contributed by atoms with E-state index < -0.39 is 11.4 Å². The van der Waals surface area contributed by atoms with Crippen LogP contribution in [0.5, 0.6) is 0 Å². The molecule has 1 saturated heterocycles. The highest BCUT2D eigenvalue weighted by atomic mass is 35.5. The van der Waals surface area contributed by atoms with Crippen LogP contribution in [0.1, 0.15) is 33.1 Å². The number of alkyl halides is 1. The number of halogens is 1. The van der Waals surface area contributed by atoms with E-state index in [1.165, 1.54) is 0 Å². The van der Waals surface area contributed by atoms with Crippen LogP contribution in [0, 0.1) is 0 Å². The zero-order valence-corrected chi connectivity index (χ0v) is 8.88. The summed E-state index contributed by atoms with van der Waals surface area (Å²) in [5, 5.41) is 9.88. The van der Waals surface area contributed by atoms with Crippen LogP contribution in [0.15, 0.2) is 0 Å². The number of hydrogen-bond acceptors (Lipinski definition) is 3. The molecule has 0 aliphatic carbocycles. The summed E-state index contributed by atoms with van der Waals surface area (Å²) in [7, 11) is 0. The molecule has 0 bridgehead atoms. The van der Waals surface area contributed by atoms with Gasteiger partial charge >= 0.3 is 0 Å². The molecule has 1 N–H and O–H groups in total. The molecule has 1 rings (SSSR count). The maximum Gasteiger partial charge on any atom is 0.191 e. The average molecular weight is 209 g/mol. The Morgan fingerprint density at radius 2 is 2.31 bits per heavy atom. The van der Waals surface area contributed by atoms with Gasteiger partial charge in [0.1, 0.15) is 11.7 Å². The molecule has 1 aliphatic heterocycles. The van der Waals surface area contributed by atoms with Gasteiger partial charge in [-0.2, -0.15) is 0 Å². The van der Waals surface area contributed by atoms with Gasteiger partial charge in [0.05, 0.1) is 0 Å². The molecule has 1 fully saturated rings. The van der Waals surface area contributed by atoms with Crippen molar-refractivity contribution in [2.24, 2.45) is 0 Å². The smallest absolute Gasteiger partial charge is 0.191 e. The summed E-state index contributed by atoms with van der Waals surface area (Å²) in [6.07, 6.45) is 2.71. The van der Waals surface area contributed by atoms with E-state index in [1.807, 2.05) is 0 Å². The summed E-state index contributed by atoms with van der Waals surface area (Å²) in [6, 6.07) is 0. The average Bonchev–Trinajstić information content (AvgIpc) is 2.04. The van der Waals surface area contributed by atoms with Crippen molar-refractivity contribution in [1.82, 2.24) is 0 Å². The van der Waals surface area contributed by atoms with Crippen molar-refractivity contribution in [2.45, 2.75) is 50.6 Å². The molecule has 4 heteroatoms. The Kier molecular flexibility index (Phi) is 3.98. The minimum atomic E-state index is -1.26. The Hall–Kier alpha value is 0.170. The summed E-state index contributed by atoms with van der Waals surface area (Å²) in [4.78, 5) is 0. The van der Waals surface area contributed by atoms with Crippen LogP contribution >= 0.6 is 11.6 Å². The van der Waals surface area contributed by atoms with Crippen LogP contribution in [0.25, 0.3) is 0 Å². The lowest BCUT2D eigenvalue weighted by Crippen LogP contribution is -2.46. The van der Waals surface area contributed by atoms with Crippen molar-refractivity contribution in [3.8, 4) is 0 Å². The predicted octanol–water partition coefficient (Wildman–Crippen LogP) is 1.87. The number of rotatable bonds is 3. The maximum absolute atomic E-state index is 9.88. The first kappa shape index (κ1) is 11.2. The van der Waals surface area contributed by atoms with E-state index in [1.54, 1.807) is 13.8 Å². The second-order valence-electron chi connectivity index (χ2n) is 3.57. The van der Waals surface area contributed by atoms with Crippen LogP contribution < -0.4 is 0 Å². The van der Waals surface area contributed by atoms with Gasteiger partial charge in [-0.25, -0.2) is 0 Å². The molecular formula is C9H17ClO3. The summed E-state index contributed by atoms with van der Waals surface area (Å²) in [5.41, 5.74) is -0.500. The Morgan fingerprint density at radius 3 is 2.77 bits per heavy atom. The molecule has 0 aromatic rings. The van der Waals surface area contributed by atoms with Crippen LogP contribution in [0.4, 0.5) is 0 Å². The second kappa shape index (κ2) is 4.60. The fourth-order valence-electron chi connectivity index (χ4n) is 1.57. The summed E-state index contributed by atoms with van der Waals surface area (Å²) < 4.78 is 10.6. The Labute approximate surface area is 84.0 Å². The van der Waals surface area contributed by atoms with Crippen LogP contribution in [0.2, 0.25) is 0 Å². The third kappa shape index (κ3) is 3.43. The highest BCUT2D eigenvalue weighted by Gasteiger charge is 2.36. The minimum Gasteiger partial charge on any atom is -0.373 e. The van der Waals surface area contributed by atoms with Crippen molar-refractivity contribution in [3.05, 3.63) is 0 Å². The van der Waals surface area contributed by atoms with Gasteiger partial charge < -0.3 is 14.6 Å². The maximum atomic E-state index is 9.88. The lowest BCUT2D eigenvalue weighted by molar-refractivity contribution is -0.267. The summed E-state index contributed by atoms with van der Waals surface area (Å²) >= 11 is 5.64. The molecule has 0 saturated carbocycles. The fourth-order valence-corrected chi connectivity index (χ4v) is 1.75. The largest absolute Gasteiger partial charge is 0.373 e. The van der Waals surface area contributed by atoms with Crippen LogP contribution in [-0.2, 0) is 9.47 Å². The first-order chi connectivity index (χ1) is 6.02. The van der Waals surface area contributed by atoms with Gasteiger partial charge in [-0.15, -0.1) is 0 Å². The normalized spacial score (nSPS) is 30.9. The molecule has 13 heavy (non-hydrogen) atoms. The molecule has 1 aliphatic rings. The molecule has 1 heterocycles. The van der Waals surface area contributed by atoms with E-state index in [-0.39, 0.29) is 6.10 Å². The Balaban J connectivity index is 2.45. The summed E-state index contributed by atoms with van der Waals surface area (Å²) in [5.74, 6) is -1.26. The number of hydrogen-bond donors (Lipinski definition) is 1. The van der Waals surface area contributed by atoms with Gasteiger partial charge in [0.15, 0.2) is 5.79 Å². The van der Waals surface area contributed by atoms with E-state index in [0.29, 0.717) is 6.61 Å². The quantitative estimate of drug-likeness (QED) is 0.569. The van der Waals surface area contributed by atoms with E-state index in [4.69, 9.17) is 21.1 Å². The number of aliphatic hydroxyl groups is 1. The SMILES string of the molecule is CC(Cl)OC(C)(O)C1CCCCO1. The van der Waals surface area contributed by atoms with E-state index in [2.05, 4.69) is 0 Å². The Bertz CT molecular complexity index is 153.